The van der Waals surface area contributed by atoms with E-state index in [0.717, 1.165) is 0 Å². The lowest BCUT2D eigenvalue weighted by atomic mass is 10.4. The third-order valence-corrected chi connectivity index (χ3v) is 4.22. The maximum atomic E-state index is 11.5. The molecule has 0 aromatic carbocycles. The quantitative estimate of drug-likeness (QED) is 0.612. The molecule has 0 bridgehead atoms. The van der Waals surface area contributed by atoms with Crippen molar-refractivity contribution in [2.45, 2.75) is 26.4 Å². The Morgan fingerprint density at radius 1 is 1.47 bits per heavy atom. The number of sulfone groups is 1. The molecule has 1 amide bonds. The van der Waals surface area contributed by atoms with Gasteiger partial charge in [0.25, 0.3) is 0 Å². The number of aromatic nitrogens is 3. The molecule has 3 N–H and O–H groups in total. The van der Waals surface area contributed by atoms with Gasteiger partial charge in [0.05, 0.1) is 31.6 Å². The Hall–Kier alpha value is -1.48. The van der Waals surface area contributed by atoms with E-state index in [0.29, 0.717) is 12.1 Å². The van der Waals surface area contributed by atoms with Gasteiger partial charge in [0.15, 0.2) is 9.84 Å². The lowest BCUT2D eigenvalue weighted by Gasteiger charge is -2.02. The molecular formula is C10H19N5O3S. The van der Waals surface area contributed by atoms with Crippen LogP contribution in [0, 0.1) is 0 Å². The van der Waals surface area contributed by atoms with Gasteiger partial charge in [0, 0.05) is 5.75 Å². The van der Waals surface area contributed by atoms with E-state index < -0.39 is 9.84 Å². The lowest BCUT2D eigenvalue weighted by Crippen LogP contribution is -2.29. The number of rotatable bonds is 8. The monoisotopic (exact) mass is 289 g/mol. The van der Waals surface area contributed by atoms with Gasteiger partial charge in [0.1, 0.15) is 5.69 Å². The summed E-state index contributed by atoms with van der Waals surface area (Å²) in [6, 6.07) is 0. The molecule has 0 atom stereocenters. The van der Waals surface area contributed by atoms with Crippen molar-refractivity contribution in [3.05, 3.63) is 11.9 Å². The van der Waals surface area contributed by atoms with Crippen molar-refractivity contribution in [3.63, 3.8) is 0 Å². The molecule has 19 heavy (non-hydrogen) atoms. The van der Waals surface area contributed by atoms with Crippen LogP contribution in [0.2, 0.25) is 0 Å². The van der Waals surface area contributed by atoms with Crippen LogP contribution in [0.25, 0.3) is 0 Å². The summed E-state index contributed by atoms with van der Waals surface area (Å²) in [5.74, 6) is -0.0556. The first-order valence-electron chi connectivity index (χ1n) is 6.03. The average molecular weight is 289 g/mol. The zero-order valence-electron chi connectivity index (χ0n) is 10.9. The summed E-state index contributed by atoms with van der Waals surface area (Å²) in [7, 11) is -3.03. The first kappa shape index (κ1) is 15.6. The molecule has 0 unspecified atom stereocenters. The van der Waals surface area contributed by atoms with E-state index in [1.165, 1.54) is 4.68 Å². The minimum Gasteiger partial charge on any atom is -0.349 e. The number of carbonyl (C=O) groups excluding carboxylic acids is 1. The maximum absolute atomic E-state index is 11.5. The fourth-order valence-corrected chi connectivity index (χ4v) is 2.73. The standard InChI is InChI=1S/C10H19N5O3S/c1-2-4-19(17,18)5-3-15-8-9(13-14-15)7-12-10(16)6-11/h8H,2-7,11H2,1H3,(H,12,16). The van der Waals surface area contributed by atoms with Crippen LogP contribution in [0.15, 0.2) is 6.20 Å². The van der Waals surface area contributed by atoms with Crippen molar-refractivity contribution in [1.29, 1.82) is 0 Å². The highest BCUT2D eigenvalue weighted by Crippen LogP contribution is 1.97. The van der Waals surface area contributed by atoms with E-state index in [4.69, 9.17) is 5.73 Å². The smallest absolute Gasteiger partial charge is 0.234 e. The van der Waals surface area contributed by atoms with Gasteiger partial charge in [-0.25, -0.2) is 8.42 Å². The molecule has 0 saturated heterocycles. The molecule has 1 aromatic rings. The topological polar surface area (TPSA) is 120 Å². The van der Waals surface area contributed by atoms with E-state index >= 15 is 0 Å². The summed E-state index contributed by atoms with van der Waals surface area (Å²) < 4.78 is 24.5. The second-order valence-electron chi connectivity index (χ2n) is 4.11. The molecular weight excluding hydrogens is 270 g/mol. The predicted molar refractivity (Wildman–Crippen MR) is 69.9 cm³/mol. The Kier molecular flexibility index (Phi) is 5.90. The van der Waals surface area contributed by atoms with Crippen LogP contribution in [0.4, 0.5) is 0 Å². The zero-order valence-corrected chi connectivity index (χ0v) is 11.7. The van der Waals surface area contributed by atoms with E-state index in [2.05, 4.69) is 15.6 Å². The fourth-order valence-electron chi connectivity index (χ4n) is 1.44. The number of hydrogen-bond donors (Lipinski definition) is 2. The fraction of sp³-hybridized carbons (Fsp3) is 0.700. The van der Waals surface area contributed by atoms with Gasteiger partial charge in [-0.2, -0.15) is 0 Å². The summed E-state index contributed by atoms with van der Waals surface area (Å²) >= 11 is 0. The maximum Gasteiger partial charge on any atom is 0.234 e. The van der Waals surface area contributed by atoms with Crippen LogP contribution in [-0.4, -0.2) is 47.4 Å². The average Bonchev–Trinajstić information content (AvgIpc) is 2.81. The molecule has 0 aliphatic rings. The third-order valence-electron chi connectivity index (χ3n) is 2.38. The van der Waals surface area contributed by atoms with E-state index in [9.17, 15) is 13.2 Å². The summed E-state index contributed by atoms with van der Waals surface area (Å²) in [5, 5.41) is 10.2. The molecule has 1 heterocycles. The third kappa shape index (κ3) is 5.79. The van der Waals surface area contributed by atoms with E-state index in [-0.39, 0.29) is 37.0 Å². The second kappa shape index (κ2) is 7.19. The molecule has 0 saturated carbocycles. The van der Waals surface area contributed by atoms with E-state index in [1.54, 1.807) is 6.20 Å². The first-order valence-corrected chi connectivity index (χ1v) is 7.85. The minimum absolute atomic E-state index is 0.0405. The van der Waals surface area contributed by atoms with Crippen molar-refractivity contribution in [2.24, 2.45) is 5.73 Å². The number of nitrogens with two attached hydrogens (primary N) is 1. The normalized spacial score (nSPS) is 11.5. The molecule has 0 spiro atoms. The van der Waals surface area contributed by atoms with Gasteiger partial charge >= 0.3 is 0 Å². The van der Waals surface area contributed by atoms with Crippen molar-refractivity contribution in [2.75, 3.05) is 18.1 Å². The Bertz CT molecular complexity index is 511. The molecule has 1 aromatic heterocycles. The van der Waals surface area contributed by atoms with Crippen molar-refractivity contribution >= 4 is 15.7 Å². The summed E-state index contributed by atoms with van der Waals surface area (Å²) in [6.45, 7) is 2.24. The van der Waals surface area contributed by atoms with Crippen LogP contribution < -0.4 is 11.1 Å². The van der Waals surface area contributed by atoms with Gasteiger partial charge < -0.3 is 11.1 Å². The van der Waals surface area contributed by atoms with Crippen LogP contribution in [0.1, 0.15) is 19.0 Å². The molecule has 0 fully saturated rings. The highest BCUT2D eigenvalue weighted by Gasteiger charge is 2.10. The molecule has 9 heteroatoms. The molecule has 8 nitrogen and oxygen atoms in total. The molecule has 0 aliphatic heterocycles. The molecule has 1 rings (SSSR count). The summed E-state index contributed by atoms with van der Waals surface area (Å²) in [6.07, 6.45) is 2.22. The summed E-state index contributed by atoms with van der Waals surface area (Å²) in [4.78, 5) is 11.0. The van der Waals surface area contributed by atoms with Crippen molar-refractivity contribution in [3.8, 4) is 0 Å². The number of carbonyl (C=O) groups is 1. The Morgan fingerprint density at radius 2 is 2.21 bits per heavy atom. The lowest BCUT2D eigenvalue weighted by molar-refractivity contribution is -0.119. The molecule has 108 valence electrons. The summed E-state index contributed by atoms with van der Waals surface area (Å²) in [5.41, 5.74) is 5.71. The van der Waals surface area contributed by atoms with Crippen LogP contribution in [-0.2, 0) is 27.7 Å². The van der Waals surface area contributed by atoms with Crippen molar-refractivity contribution in [1.82, 2.24) is 20.3 Å². The highest BCUT2D eigenvalue weighted by atomic mass is 32.2. The second-order valence-corrected chi connectivity index (χ2v) is 6.41. The molecule has 0 aliphatic carbocycles. The van der Waals surface area contributed by atoms with Gasteiger partial charge in [0.2, 0.25) is 5.91 Å². The number of nitrogens with one attached hydrogen (secondary N) is 1. The minimum atomic E-state index is -3.03. The molecule has 0 radical (unpaired) electrons. The Morgan fingerprint density at radius 3 is 2.84 bits per heavy atom. The van der Waals surface area contributed by atoms with Gasteiger partial charge in [-0.3, -0.25) is 9.48 Å². The first-order chi connectivity index (χ1) is 8.96. The Balaban J connectivity index is 2.45. The van der Waals surface area contributed by atoms with E-state index in [1.807, 2.05) is 6.92 Å². The number of nitrogens with zero attached hydrogens (tertiary/aromatic N) is 3. The van der Waals surface area contributed by atoms with Gasteiger partial charge in [-0.15, -0.1) is 5.10 Å². The van der Waals surface area contributed by atoms with Gasteiger partial charge in [-0.05, 0) is 6.42 Å². The van der Waals surface area contributed by atoms with Crippen molar-refractivity contribution < 1.29 is 13.2 Å². The number of amides is 1. The number of hydrogen-bond acceptors (Lipinski definition) is 6. The van der Waals surface area contributed by atoms with Gasteiger partial charge in [-0.1, -0.05) is 12.1 Å². The number of aryl methyl sites for hydroxylation is 1. The van der Waals surface area contributed by atoms with Crippen LogP contribution in [0.5, 0.6) is 0 Å². The van der Waals surface area contributed by atoms with Crippen LogP contribution in [0.3, 0.4) is 0 Å². The highest BCUT2D eigenvalue weighted by molar-refractivity contribution is 7.91. The predicted octanol–water partition coefficient (Wildman–Crippen LogP) is -1.32. The van der Waals surface area contributed by atoms with Crippen LogP contribution >= 0.6 is 0 Å². The largest absolute Gasteiger partial charge is 0.349 e. The zero-order chi connectivity index (χ0) is 14.3. The Labute approximate surface area is 112 Å². The SMILES string of the molecule is CCCS(=O)(=O)CCn1cc(CNC(=O)CN)nn1.